The zero-order valence-electron chi connectivity index (χ0n) is 15.2. The van der Waals surface area contributed by atoms with E-state index in [0.717, 1.165) is 23.2 Å². The van der Waals surface area contributed by atoms with E-state index < -0.39 is 0 Å². The largest absolute Gasteiger partial charge is 0.274 e. The second kappa shape index (κ2) is 17.8. The van der Waals surface area contributed by atoms with Gasteiger partial charge < -0.3 is 0 Å². The first-order valence-electron chi connectivity index (χ1n) is 7.86. The SMILES string of the molecule is C/C=C(\N=CC(C)CC)c1c[c-]c(C)cc1.CC.CC.[Y]. The summed E-state index contributed by atoms with van der Waals surface area (Å²) in [4.78, 5) is 4.53. The van der Waals surface area contributed by atoms with Crippen LogP contribution in [-0.2, 0) is 32.7 Å². The van der Waals surface area contributed by atoms with Gasteiger partial charge in [0.25, 0.3) is 0 Å². The van der Waals surface area contributed by atoms with Crippen LogP contribution in [0.25, 0.3) is 5.70 Å². The van der Waals surface area contributed by atoms with E-state index in [4.69, 9.17) is 0 Å². The first-order chi connectivity index (χ1) is 9.67. The van der Waals surface area contributed by atoms with E-state index >= 15 is 0 Å². The molecule has 1 radical (unpaired) electrons. The van der Waals surface area contributed by atoms with Gasteiger partial charge in [0.1, 0.15) is 0 Å². The van der Waals surface area contributed by atoms with Crippen LogP contribution in [0, 0.1) is 18.9 Å². The molecule has 0 aromatic heterocycles. The molecule has 0 amide bonds. The topological polar surface area (TPSA) is 12.4 Å². The van der Waals surface area contributed by atoms with Gasteiger partial charge in [-0.1, -0.05) is 54.5 Å². The van der Waals surface area contributed by atoms with Crippen molar-refractivity contribution in [3.8, 4) is 0 Å². The number of nitrogens with zero attached hydrogens (tertiary/aromatic N) is 1. The maximum Gasteiger partial charge on any atom is 0.0105 e. The van der Waals surface area contributed by atoms with Gasteiger partial charge in [-0.3, -0.25) is 4.99 Å². The number of rotatable bonds is 4. The van der Waals surface area contributed by atoms with Gasteiger partial charge in [0.05, 0.1) is 0 Å². The van der Waals surface area contributed by atoms with Crippen LogP contribution >= 0.6 is 0 Å². The van der Waals surface area contributed by atoms with Crippen LogP contribution in [0.3, 0.4) is 0 Å². The summed E-state index contributed by atoms with van der Waals surface area (Å²) < 4.78 is 0. The van der Waals surface area contributed by atoms with Crippen LogP contribution in [0.5, 0.6) is 0 Å². The van der Waals surface area contributed by atoms with E-state index in [1.165, 1.54) is 0 Å². The quantitative estimate of drug-likeness (QED) is 0.438. The van der Waals surface area contributed by atoms with E-state index in [1.807, 2.05) is 59.9 Å². The standard InChI is InChI=1S/C15H20N.2C2H6.Y/c1-5-12(3)11-16-15(6-2)14-9-7-13(4)8-10-14;2*1-2;/h6-7,9-12H,5H2,1-4H3;2*1-2H3;/q-1;;;/b15-6-,16-11?;;;. The van der Waals surface area contributed by atoms with E-state index in [1.54, 1.807) is 0 Å². The van der Waals surface area contributed by atoms with Crippen molar-refractivity contribution < 1.29 is 32.7 Å². The van der Waals surface area contributed by atoms with Gasteiger partial charge in [0, 0.05) is 44.6 Å². The Morgan fingerprint density at radius 1 is 1.24 bits per heavy atom. The molecule has 0 fully saturated rings. The number of hydrogen-bond donors (Lipinski definition) is 0. The van der Waals surface area contributed by atoms with Crippen LogP contribution < -0.4 is 0 Å². The van der Waals surface area contributed by atoms with Crippen molar-refractivity contribution in [2.24, 2.45) is 10.9 Å². The fourth-order valence-electron chi connectivity index (χ4n) is 1.29. The van der Waals surface area contributed by atoms with E-state index in [-0.39, 0.29) is 32.7 Å². The maximum atomic E-state index is 4.53. The fourth-order valence-corrected chi connectivity index (χ4v) is 1.29. The Morgan fingerprint density at radius 3 is 2.19 bits per heavy atom. The first kappa shape index (κ1) is 25.7. The summed E-state index contributed by atoms with van der Waals surface area (Å²) in [5, 5.41) is 0. The Hall–Kier alpha value is -0.266. The third-order valence-electron chi connectivity index (χ3n) is 2.65. The maximum absolute atomic E-state index is 4.53. The summed E-state index contributed by atoms with van der Waals surface area (Å²) in [6, 6.07) is 9.36. The van der Waals surface area contributed by atoms with Gasteiger partial charge in [-0.05, 0) is 19.3 Å². The summed E-state index contributed by atoms with van der Waals surface area (Å²) in [5.74, 6) is 0.532. The molecule has 1 rings (SSSR count). The van der Waals surface area contributed by atoms with Gasteiger partial charge in [-0.15, -0.1) is 5.56 Å². The van der Waals surface area contributed by atoms with Gasteiger partial charge >= 0.3 is 0 Å². The number of allylic oxidation sites excluding steroid dienone is 1. The molecule has 0 heterocycles. The van der Waals surface area contributed by atoms with Crippen molar-refractivity contribution in [3.05, 3.63) is 41.5 Å². The summed E-state index contributed by atoms with van der Waals surface area (Å²) >= 11 is 0. The van der Waals surface area contributed by atoms with Crippen molar-refractivity contribution in [3.63, 3.8) is 0 Å². The average molecular weight is 363 g/mol. The Morgan fingerprint density at radius 2 is 1.81 bits per heavy atom. The molecule has 117 valence electrons. The third-order valence-corrected chi connectivity index (χ3v) is 2.65. The van der Waals surface area contributed by atoms with E-state index in [9.17, 15) is 0 Å². The van der Waals surface area contributed by atoms with Crippen molar-refractivity contribution in [2.75, 3.05) is 0 Å². The number of benzene rings is 1. The molecule has 0 bridgehead atoms. The van der Waals surface area contributed by atoms with Crippen molar-refractivity contribution in [1.29, 1.82) is 0 Å². The second-order valence-electron chi connectivity index (χ2n) is 4.10. The van der Waals surface area contributed by atoms with Crippen LogP contribution in [-0.4, -0.2) is 6.21 Å². The molecule has 1 unspecified atom stereocenters. The molecule has 1 aromatic carbocycles. The molecule has 0 aliphatic heterocycles. The normalized spacial score (nSPS) is 11.5. The zero-order valence-corrected chi connectivity index (χ0v) is 18.0. The van der Waals surface area contributed by atoms with E-state index in [2.05, 4.69) is 37.0 Å². The molecule has 0 N–H and O–H groups in total. The Labute approximate surface area is 158 Å². The summed E-state index contributed by atoms with van der Waals surface area (Å²) in [6.07, 6.45) is 5.19. The predicted octanol–water partition coefficient (Wildman–Crippen LogP) is 6.32. The van der Waals surface area contributed by atoms with Crippen LogP contribution in [0.1, 0.15) is 66.0 Å². The molecule has 0 aliphatic carbocycles. The minimum Gasteiger partial charge on any atom is -0.274 e. The number of aliphatic imine (C=N–C) groups is 1. The van der Waals surface area contributed by atoms with Gasteiger partial charge in [0.2, 0.25) is 0 Å². The molecule has 0 aliphatic rings. The summed E-state index contributed by atoms with van der Waals surface area (Å²) in [5.41, 5.74) is 3.31. The molecule has 1 nitrogen and oxygen atoms in total. The summed E-state index contributed by atoms with van der Waals surface area (Å²) in [7, 11) is 0. The van der Waals surface area contributed by atoms with Crippen LogP contribution in [0.4, 0.5) is 0 Å². The smallest absolute Gasteiger partial charge is 0.0105 e. The molecular formula is C19H32NY-. The third kappa shape index (κ3) is 12.0. The molecule has 0 spiro atoms. The van der Waals surface area contributed by atoms with Gasteiger partial charge in [0.15, 0.2) is 0 Å². The van der Waals surface area contributed by atoms with Crippen molar-refractivity contribution in [1.82, 2.24) is 0 Å². The van der Waals surface area contributed by atoms with Crippen molar-refractivity contribution in [2.45, 2.75) is 61.8 Å². The number of aryl methyl sites for hydroxylation is 1. The molecule has 1 atom stereocenters. The minimum atomic E-state index is 0. The predicted molar refractivity (Wildman–Crippen MR) is 94.3 cm³/mol. The summed E-state index contributed by atoms with van der Waals surface area (Å²) in [6.45, 7) is 16.4. The molecule has 0 saturated heterocycles. The van der Waals surface area contributed by atoms with Crippen molar-refractivity contribution >= 4 is 11.9 Å². The number of hydrogen-bond acceptors (Lipinski definition) is 1. The minimum absolute atomic E-state index is 0. The molecule has 2 heteroatoms. The molecule has 21 heavy (non-hydrogen) atoms. The Balaban J connectivity index is -0.000000595. The van der Waals surface area contributed by atoms with Gasteiger partial charge in [-0.2, -0.15) is 29.8 Å². The molecule has 1 aromatic rings. The average Bonchev–Trinajstić information content (AvgIpc) is 2.53. The molecule has 0 saturated carbocycles. The second-order valence-corrected chi connectivity index (χ2v) is 4.10. The fraction of sp³-hybridized carbons (Fsp3) is 0.526. The Kier molecular flexibility index (Phi) is 21.7. The zero-order chi connectivity index (χ0) is 16.0. The first-order valence-corrected chi connectivity index (χ1v) is 7.86. The Bertz CT molecular complexity index is 377. The van der Waals surface area contributed by atoms with Gasteiger partial charge in [-0.25, -0.2) is 0 Å². The van der Waals surface area contributed by atoms with E-state index in [0.29, 0.717) is 5.92 Å². The van der Waals surface area contributed by atoms with Crippen LogP contribution in [0.2, 0.25) is 0 Å². The monoisotopic (exact) mass is 363 g/mol. The van der Waals surface area contributed by atoms with Crippen LogP contribution in [0.15, 0.2) is 29.3 Å². The molecular weight excluding hydrogens is 331 g/mol.